The number of fused-ring (bicyclic) bond motifs is 3. The molecule has 4 heteroatoms. The quantitative estimate of drug-likeness (QED) is 0.782. The molecule has 1 aliphatic carbocycles. The molecule has 1 saturated heterocycles. The van der Waals surface area contributed by atoms with E-state index >= 15 is 0 Å². The smallest absolute Gasteiger partial charge is 0.410 e. The number of hydrogen-bond acceptors (Lipinski definition) is 3. The van der Waals surface area contributed by atoms with E-state index in [0.717, 1.165) is 43.5 Å². The molecule has 0 aromatic heterocycles. The minimum absolute atomic E-state index is 0.184. The summed E-state index contributed by atoms with van der Waals surface area (Å²) in [6.45, 7) is 3.21. The van der Waals surface area contributed by atoms with Crippen molar-refractivity contribution in [3.05, 3.63) is 64.7 Å². The standard InChI is InChI=1S/C23H27NO3/c1-16-10-11-18-19-9-6-14-24(21(19)13-12-20(18)22(16)26-2)23(25)27-15-17-7-4-3-5-8-17/h3-5,7-8,10-11,19,21H,6,9,12-15H2,1-2H3/t19?,21-/m0/s1. The summed E-state index contributed by atoms with van der Waals surface area (Å²) in [5.74, 6) is 1.40. The zero-order chi connectivity index (χ0) is 18.8. The molecule has 4 nitrogen and oxygen atoms in total. The molecule has 0 radical (unpaired) electrons. The molecule has 142 valence electrons. The van der Waals surface area contributed by atoms with E-state index in [1.807, 2.05) is 35.2 Å². The molecule has 2 aromatic carbocycles. The first-order valence-corrected chi connectivity index (χ1v) is 9.82. The van der Waals surface area contributed by atoms with Crippen molar-refractivity contribution in [3.63, 3.8) is 0 Å². The second-order valence-electron chi connectivity index (χ2n) is 7.57. The summed E-state index contributed by atoms with van der Waals surface area (Å²) in [5, 5.41) is 0. The molecule has 2 aliphatic rings. The molecule has 1 aliphatic heterocycles. The molecule has 27 heavy (non-hydrogen) atoms. The monoisotopic (exact) mass is 365 g/mol. The Labute approximate surface area is 161 Å². The fraction of sp³-hybridized carbons (Fsp3) is 0.435. The van der Waals surface area contributed by atoms with Gasteiger partial charge in [0.2, 0.25) is 0 Å². The number of amides is 1. The van der Waals surface area contributed by atoms with Gasteiger partial charge in [-0.3, -0.25) is 0 Å². The van der Waals surface area contributed by atoms with E-state index < -0.39 is 0 Å². The molecule has 1 fully saturated rings. The molecule has 2 atom stereocenters. The van der Waals surface area contributed by atoms with Gasteiger partial charge in [0.1, 0.15) is 12.4 Å². The highest BCUT2D eigenvalue weighted by Gasteiger charge is 2.40. The van der Waals surface area contributed by atoms with Gasteiger partial charge in [-0.15, -0.1) is 0 Å². The molecule has 0 bridgehead atoms. The normalized spacial score (nSPS) is 21.2. The summed E-state index contributed by atoms with van der Waals surface area (Å²) in [6, 6.07) is 14.5. The van der Waals surface area contributed by atoms with Crippen LogP contribution in [0.25, 0.3) is 0 Å². The number of benzene rings is 2. The van der Waals surface area contributed by atoms with Crippen LogP contribution in [0.2, 0.25) is 0 Å². The third-order valence-electron chi connectivity index (χ3n) is 6.01. The maximum Gasteiger partial charge on any atom is 0.410 e. The summed E-state index contributed by atoms with van der Waals surface area (Å²) in [4.78, 5) is 14.8. The highest BCUT2D eigenvalue weighted by atomic mass is 16.6. The number of carbonyl (C=O) groups excluding carboxylic acids is 1. The van der Waals surface area contributed by atoms with Crippen LogP contribution in [0.3, 0.4) is 0 Å². The minimum Gasteiger partial charge on any atom is -0.496 e. The first-order valence-electron chi connectivity index (χ1n) is 9.82. The van der Waals surface area contributed by atoms with Crippen molar-refractivity contribution in [2.75, 3.05) is 13.7 Å². The van der Waals surface area contributed by atoms with Crippen LogP contribution in [0.15, 0.2) is 42.5 Å². The Balaban J connectivity index is 1.52. The zero-order valence-corrected chi connectivity index (χ0v) is 16.1. The van der Waals surface area contributed by atoms with E-state index in [9.17, 15) is 4.79 Å². The summed E-state index contributed by atoms with van der Waals surface area (Å²) in [7, 11) is 1.75. The molecule has 0 N–H and O–H groups in total. The molecule has 0 saturated carbocycles. The molecular formula is C23H27NO3. The fourth-order valence-corrected chi connectivity index (χ4v) is 4.75. The van der Waals surface area contributed by atoms with Crippen molar-refractivity contribution in [1.82, 2.24) is 4.90 Å². The highest BCUT2D eigenvalue weighted by molar-refractivity contribution is 5.69. The van der Waals surface area contributed by atoms with Crippen molar-refractivity contribution in [1.29, 1.82) is 0 Å². The number of rotatable bonds is 3. The third-order valence-corrected chi connectivity index (χ3v) is 6.01. The number of nitrogens with zero attached hydrogens (tertiary/aromatic N) is 1. The predicted octanol–water partition coefficient (Wildman–Crippen LogP) is 4.83. The van der Waals surface area contributed by atoms with Crippen molar-refractivity contribution >= 4 is 6.09 Å². The van der Waals surface area contributed by atoms with Crippen LogP contribution in [-0.4, -0.2) is 30.7 Å². The Bertz CT molecular complexity index is 818. The van der Waals surface area contributed by atoms with Crippen LogP contribution < -0.4 is 4.74 Å². The number of aryl methyl sites for hydroxylation is 1. The first kappa shape index (κ1) is 17.9. The number of hydrogen-bond donors (Lipinski definition) is 0. The molecular weight excluding hydrogens is 338 g/mol. The van der Waals surface area contributed by atoms with Gasteiger partial charge in [-0.25, -0.2) is 4.79 Å². The van der Waals surface area contributed by atoms with E-state index in [2.05, 4.69) is 19.1 Å². The van der Waals surface area contributed by atoms with E-state index in [1.165, 1.54) is 16.7 Å². The lowest BCUT2D eigenvalue weighted by atomic mass is 9.73. The summed E-state index contributed by atoms with van der Waals surface area (Å²) < 4.78 is 11.3. The topological polar surface area (TPSA) is 38.8 Å². The second kappa shape index (κ2) is 7.63. The van der Waals surface area contributed by atoms with Gasteiger partial charge in [-0.2, -0.15) is 0 Å². The van der Waals surface area contributed by atoms with Gasteiger partial charge in [0.05, 0.1) is 7.11 Å². The van der Waals surface area contributed by atoms with Gasteiger partial charge in [0.15, 0.2) is 0 Å². The maximum absolute atomic E-state index is 12.8. The molecule has 1 heterocycles. The van der Waals surface area contributed by atoms with Crippen LogP contribution >= 0.6 is 0 Å². The van der Waals surface area contributed by atoms with Gasteiger partial charge >= 0.3 is 6.09 Å². The zero-order valence-electron chi connectivity index (χ0n) is 16.1. The molecule has 0 spiro atoms. The van der Waals surface area contributed by atoms with Crippen molar-refractivity contribution in [3.8, 4) is 5.75 Å². The average Bonchev–Trinajstić information content (AvgIpc) is 2.71. The van der Waals surface area contributed by atoms with Crippen LogP contribution in [0.5, 0.6) is 5.75 Å². The number of ether oxygens (including phenoxy) is 2. The lowest BCUT2D eigenvalue weighted by Gasteiger charge is -2.44. The average molecular weight is 365 g/mol. The number of carbonyl (C=O) groups is 1. The van der Waals surface area contributed by atoms with E-state index in [1.54, 1.807) is 7.11 Å². The molecule has 1 amide bonds. The summed E-state index contributed by atoms with van der Waals surface area (Å²) >= 11 is 0. The summed E-state index contributed by atoms with van der Waals surface area (Å²) in [5.41, 5.74) is 4.89. The Morgan fingerprint density at radius 3 is 2.74 bits per heavy atom. The van der Waals surface area contributed by atoms with Gasteiger partial charge in [-0.1, -0.05) is 42.5 Å². The Kier molecular flexibility index (Phi) is 5.06. The predicted molar refractivity (Wildman–Crippen MR) is 105 cm³/mol. The maximum atomic E-state index is 12.8. The van der Waals surface area contributed by atoms with Crippen molar-refractivity contribution in [2.24, 2.45) is 0 Å². The largest absolute Gasteiger partial charge is 0.496 e. The number of likely N-dealkylation sites (tertiary alicyclic amines) is 1. The lowest BCUT2D eigenvalue weighted by molar-refractivity contribution is 0.0566. The third kappa shape index (κ3) is 3.41. The lowest BCUT2D eigenvalue weighted by Crippen LogP contribution is -2.49. The van der Waals surface area contributed by atoms with E-state index in [4.69, 9.17) is 9.47 Å². The van der Waals surface area contributed by atoms with Gasteiger partial charge in [0, 0.05) is 18.5 Å². The molecule has 1 unspecified atom stereocenters. The molecule has 4 rings (SSSR count). The Morgan fingerprint density at radius 1 is 1.15 bits per heavy atom. The van der Waals surface area contributed by atoms with E-state index in [0.29, 0.717) is 12.5 Å². The Hall–Kier alpha value is -2.49. The first-order chi connectivity index (χ1) is 13.2. The fourth-order valence-electron chi connectivity index (χ4n) is 4.75. The van der Waals surface area contributed by atoms with Crippen molar-refractivity contribution < 1.29 is 14.3 Å². The SMILES string of the molecule is COc1c(C)ccc2c1CC[C@H]1C2CCCN1C(=O)OCc1ccccc1. The summed E-state index contributed by atoms with van der Waals surface area (Å²) in [6.07, 6.45) is 3.86. The van der Waals surface area contributed by atoms with Crippen LogP contribution in [0, 0.1) is 6.92 Å². The van der Waals surface area contributed by atoms with Crippen molar-refractivity contribution in [2.45, 2.75) is 51.2 Å². The molecule has 2 aromatic rings. The van der Waals surface area contributed by atoms with Gasteiger partial charge in [0.25, 0.3) is 0 Å². The minimum atomic E-state index is -0.184. The van der Waals surface area contributed by atoms with Crippen LogP contribution in [-0.2, 0) is 17.8 Å². The van der Waals surface area contributed by atoms with E-state index in [-0.39, 0.29) is 12.1 Å². The van der Waals surface area contributed by atoms with Crippen LogP contribution in [0.4, 0.5) is 4.79 Å². The van der Waals surface area contributed by atoms with Crippen LogP contribution in [0.1, 0.15) is 47.4 Å². The second-order valence-corrected chi connectivity index (χ2v) is 7.57. The number of piperidine rings is 1. The van der Waals surface area contributed by atoms with Gasteiger partial charge in [-0.05, 0) is 54.9 Å². The number of methoxy groups -OCH3 is 1. The van der Waals surface area contributed by atoms with Gasteiger partial charge < -0.3 is 14.4 Å². The highest BCUT2D eigenvalue weighted by Crippen LogP contribution is 2.44. The Morgan fingerprint density at radius 2 is 1.96 bits per heavy atom.